The number of benzene rings is 2. The zero-order chi connectivity index (χ0) is 14.4. The first-order valence-electron chi connectivity index (χ1n) is 7.11. The zero-order valence-corrected chi connectivity index (χ0v) is 11.7. The zero-order valence-electron chi connectivity index (χ0n) is 11.7. The van der Waals surface area contributed by atoms with Crippen LogP contribution < -0.4 is 5.32 Å². The Bertz CT molecular complexity index is 847. The molecule has 3 heteroatoms. The minimum Gasteiger partial charge on any atom is -0.461 e. The molecule has 0 aliphatic carbocycles. The summed E-state index contributed by atoms with van der Waals surface area (Å²) in [6.07, 6.45) is 0.601. The van der Waals surface area contributed by atoms with Crippen LogP contribution in [0, 0.1) is 6.92 Å². The lowest BCUT2D eigenvalue weighted by Gasteiger charge is -2.07. The molecule has 104 valence electrons. The fraction of sp³-hybridized carbons (Fsp3) is 0.167. The Hall–Kier alpha value is -2.55. The molecule has 4 rings (SSSR count). The summed E-state index contributed by atoms with van der Waals surface area (Å²) < 4.78 is 5.94. The van der Waals surface area contributed by atoms with Gasteiger partial charge in [-0.2, -0.15) is 0 Å². The molecule has 0 spiro atoms. The van der Waals surface area contributed by atoms with Crippen LogP contribution in [0.2, 0.25) is 0 Å². The first-order chi connectivity index (χ1) is 10.2. The molecule has 0 saturated carbocycles. The second-order valence-corrected chi connectivity index (χ2v) is 5.48. The van der Waals surface area contributed by atoms with E-state index in [1.807, 2.05) is 42.5 Å². The van der Waals surface area contributed by atoms with Crippen molar-refractivity contribution in [2.24, 2.45) is 0 Å². The molecule has 1 aliphatic heterocycles. The molecule has 1 unspecified atom stereocenters. The molecule has 1 aliphatic rings. The molecule has 2 heterocycles. The van der Waals surface area contributed by atoms with Gasteiger partial charge in [-0.3, -0.25) is 4.79 Å². The molecular formula is C18H15NO2. The van der Waals surface area contributed by atoms with Crippen molar-refractivity contribution in [1.29, 1.82) is 0 Å². The number of hydrogen-bond donors (Lipinski definition) is 1. The third-order valence-electron chi connectivity index (χ3n) is 4.24. The topological polar surface area (TPSA) is 42.2 Å². The quantitative estimate of drug-likeness (QED) is 0.768. The molecule has 21 heavy (non-hydrogen) atoms. The third-order valence-corrected chi connectivity index (χ3v) is 4.24. The van der Waals surface area contributed by atoms with Gasteiger partial charge in [0.25, 0.3) is 0 Å². The number of hydrogen-bond acceptors (Lipinski definition) is 2. The normalized spacial score (nSPS) is 17.0. The third kappa shape index (κ3) is 1.85. The predicted octanol–water partition coefficient (Wildman–Crippen LogP) is 4.02. The van der Waals surface area contributed by atoms with Gasteiger partial charge < -0.3 is 9.73 Å². The summed E-state index contributed by atoms with van der Waals surface area (Å²) >= 11 is 0. The monoisotopic (exact) mass is 277 g/mol. The second-order valence-electron chi connectivity index (χ2n) is 5.48. The lowest BCUT2D eigenvalue weighted by Crippen LogP contribution is -2.14. The highest BCUT2D eigenvalue weighted by atomic mass is 16.3. The summed E-state index contributed by atoms with van der Waals surface area (Å²) in [4.78, 5) is 12.2. The number of carbonyl (C=O) groups excluding carboxylic acids is 1. The highest BCUT2D eigenvalue weighted by Gasteiger charge is 2.31. The maximum absolute atomic E-state index is 12.2. The first kappa shape index (κ1) is 12.2. The highest BCUT2D eigenvalue weighted by molar-refractivity contribution is 6.03. The van der Waals surface area contributed by atoms with Gasteiger partial charge in [-0.1, -0.05) is 36.4 Å². The second kappa shape index (κ2) is 4.48. The summed E-state index contributed by atoms with van der Waals surface area (Å²) in [6, 6.07) is 15.9. The van der Waals surface area contributed by atoms with Crippen LogP contribution >= 0.6 is 0 Å². The van der Waals surface area contributed by atoms with Crippen LogP contribution in [0.3, 0.4) is 0 Å². The van der Waals surface area contributed by atoms with E-state index in [-0.39, 0.29) is 11.8 Å². The van der Waals surface area contributed by atoms with Crippen LogP contribution in [0.15, 0.2) is 52.9 Å². The van der Waals surface area contributed by atoms with E-state index in [1.54, 1.807) is 0 Å². The molecule has 2 aromatic carbocycles. The lowest BCUT2D eigenvalue weighted by atomic mass is 9.94. The maximum atomic E-state index is 12.2. The minimum atomic E-state index is -0.166. The number of carbonyl (C=O) groups is 1. The van der Waals surface area contributed by atoms with Gasteiger partial charge >= 0.3 is 0 Å². The summed E-state index contributed by atoms with van der Waals surface area (Å²) in [5, 5.41) is 4.06. The molecule has 0 bridgehead atoms. The average Bonchev–Trinajstić information content (AvgIpc) is 2.99. The molecule has 0 saturated heterocycles. The van der Waals surface area contributed by atoms with Crippen molar-refractivity contribution >= 4 is 22.6 Å². The van der Waals surface area contributed by atoms with Gasteiger partial charge in [0.1, 0.15) is 11.3 Å². The summed E-state index contributed by atoms with van der Waals surface area (Å²) in [6.45, 7) is 2.06. The van der Waals surface area contributed by atoms with Crippen LogP contribution in [0.5, 0.6) is 0 Å². The molecule has 1 amide bonds. The van der Waals surface area contributed by atoms with Crippen molar-refractivity contribution in [2.75, 3.05) is 5.32 Å². The summed E-state index contributed by atoms with van der Waals surface area (Å²) in [5.74, 6) is 0.782. The Labute approximate surface area is 122 Å². The van der Waals surface area contributed by atoms with Crippen molar-refractivity contribution in [3.8, 4) is 0 Å². The van der Waals surface area contributed by atoms with Gasteiger partial charge in [0.2, 0.25) is 5.91 Å². The minimum absolute atomic E-state index is 0.0519. The summed E-state index contributed by atoms with van der Waals surface area (Å²) in [5.41, 5.74) is 3.99. The Kier molecular flexibility index (Phi) is 2.61. The molecule has 1 atom stereocenters. The Balaban J connectivity index is 1.75. The van der Waals surface area contributed by atoms with Gasteiger partial charge in [0.15, 0.2) is 0 Å². The van der Waals surface area contributed by atoms with Gasteiger partial charge in [-0.25, -0.2) is 0 Å². The number of para-hydroxylation sites is 2. The lowest BCUT2D eigenvalue weighted by molar-refractivity contribution is -0.117. The number of fused-ring (bicyclic) bond motifs is 2. The van der Waals surface area contributed by atoms with Crippen molar-refractivity contribution in [3.05, 3.63) is 65.4 Å². The SMILES string of the molecule is Cc1c(CC2C(=O)Nc3ccccc32)oc2ccccc12. The predicted molar refractivity (Wildman–Crippen MR) is 82.5 cm³/mol. The fourth-order valence-electron chi connectivity index (χ4n) is 3.08. The molecular weight excluding hydrogens is 262 g/mol. The van der Waals surface area contributed by atoms with E-state index in [0.717, 1.165) is 33.5 Å². The fourth-order valence-corrected chi connectivity index (χ4v) is 3.08. The van der Waals surface area contributed by atoms with E-state index in [1.165, 1.54) is 0 Å². The van der Waals surface area contributed by atoms with Crippen LogP contribution in [0.1, 0.15) is 22.8 Å². The smallest absolute Gasteiger partial charge is 0.232 e. The molecule has 3 aromatic rings. The molecule has 3 nitrogen and oxygen atoms in total. The van der Waals surface area contributed by atoms with E-state index in [4.69, 9.17) is 4.42 Å². The van der Waals surface area contributed by atoms with Crippen molar-refractivity contribution in [3.63, 3.8) is 0 Å². The van der Waals surface area contributed by atoms with Gasteiger partial charge in [-0.05, 0) is 30.2 Å². The van der Waals surface area contributed by atoms with Crippen LogP contribution in [-0.2, 0) is 11.2 Å². The van der Waals surface area contributed by atoms with E-state index >= 15 is 0 Å². The maximum Gasteiger partial charge on any atom is 0.232 e. The van der Waals surface area contributed by atoms with Crippen molar-refractivity contribution < 1.29 is 9.21 Å². The molecule has 0 radical (unpaired) electrons. The number of aryl methyl sites for hydroxylation is 1. The van der Waals surface area contributed by atoms with Crippen molar-refractivity contribution in [2.45, 2.75) is 19.3 Å². The standard InChI is InChI=1S/C18H15NO2/c1-11-12-6-3-5-9-16(12)21-17(11)10-14-13-7-2-4-8-15(13)19-18(14)20/h2-9,14H,10H2,1H3,(H,19,20). The van der Waals surface area contributed by atoms with Crippen molar-refractivity contribution in [1.82, 2.24) is 0 Å². The number of furan rings is 1. The molecule has 1 N–H and O–H groups in total. The number of amides is 1. The van der Waals surface area contributed by atoms with Crippen LogP contribution in [-0.4, -0.2) is 5.91 Å². The van der Waals surface area contributed by atoms with Crippen LogP contribution in [0.4, 0.5) is 5.69 Å². The van der Waals surface area contributed by atoms with Gasteiger partial charge in [-0.15, -0.1) is 0 Å². The van der Waals surface area contributed by atoms with Gasteiger partial charge in [0, 0.05) is 17.5 Å². The van der Waals surface area contributed by atoms with Gasteiger partial charge in [0.05, 0.1) is 5.92 Å². The van der Waals surface area contributed by atoms with E-state index in [9.17, 15) is 4.79 Å². The number of nitrogens with one attached hydrogen (secondary N) is 1. The Morgan fingerprint density at radius 1 is 1.10 bits per heavy atom. The van der Waals surface area contributed by atoms with Crippen LogP contribution in [0.25, 0.3) is 11.0 Å². The molecule has 0 fully saturated rings. The van der Waals surface area contributed by atoms with E-state index < -0.39 is 0 Å². The molecule has 1 aromatic heterocycles. The largest absolute Gasteiger partial charge is 0.461 e. The number of anilines is 1. The summed E-state index contributed by atoms with van der Waals surface area (Å²) in [7, 11) is 0. The first-order valence-corrected chi connectivity index (χ1v) is 7.11. The van der Waals surface area contributed by atoms with E-state index in [0.29, 0.717) is 6.42 Å². The Morgan fingerprint density at radius 2 is 1.86 bits per heavy atom. The average molecular weight is 277 g/mol. The number of rotatable bonds is 2. The van der Waals surface area contributed by atoms with E-state index in [2.05, 4.69) is 18.3 Å². The highest BCUT2D eigenvalue weighted by Crippen LogP contribution is 2.36. The Morgan fingerprint density at radius 3 is 2.71 bits per heavy atom.